The van der Waals surface area contributed by atoms with E-state index in [9.17, 15) is 0 Å². The number of hydrogen-bond donors (Lipinski definition) is 1. The van der Waals surface area contributed by atoms with Gasteiger partial charge in [0.2, 0.25) is 0 Å². The van der Waals surface area contributed by atoms with Gasteiger partial charge in [0.1, 0.15) is 0 Å². The van der Waals surface area contributed by atoms with Crippen molar-refractivity contribution >= 4 is 0 Å². The van der Waals surface area contributed by atoms with Crippen molar-refractivity contribution in [2.45, 2.75) is 6.42 Å². The zero-order chi connectivity index (χ0) is 5.98. The minimum absolute atomic E-state index is 0.861. The molecule has 1 aliphatic rings. The first kappa shape index (κ1) is 5.16. The molecule has 42 valence electrons. The molecule has 0 radical (unpaired) electrons. The van der Waals surface area contributed by atoms with Crippen molar-refractivity contribution in [3.05, 3.63) is 36.1 Å². The topological polar surface area (TPSA) is 26.0 Å². The van der Waals surface area contributed by atoms with Crippen molar-refractivity contribution in [3.8, 4) is 0 Å². The van der Waals surface area contributed by atoms with Crippen LogP contribution >= 0.6 is 0 Å². The Hall–Kier alpha value is -0.980. The van der Waals surface area contributed by atoms with Crippen LogP contribution in [0.1, 0.15) is 6.42 Å². The van der Waals surface area contributed by atoms with Crippen molar-refractivity contribution in [1.29, 1.82) is 0 Å². The lowest BCUT2D eigenvalue weighted by atomic mass is 10.2. The Labute approximate surface area is 49.2 Å². The molecule has 8 heavy (non-hydrogen) atoms. The number of hydrogen-bond acceptors (Lipinski definition) is 1. The molecule has 2 N–H and O–H groups in total. The fourth-order valence-corrected chi connectivity index (χ4v) is 0.739. The SMILES string of the molecule is C=CC1=C(N)C=CC1. The van der Waals surface area contributed by atoms with Crippen LogP contribution in [0.15, 0.2) is 36.1 Å². The van der Waals surface area contributed by atoms with Crippen molar-refractivity contribution in [2.75, 3.05) is 0 Å². The Bertz CT molecular complexity index is 163. The molecule has 0 unspecified atom stereocenters. The average molecular weight is 107 g/mol. The molecule has 0 saturated heterocycles. The molecule has 0 aromatic heterocycles. The molecule has 0 aromatic rings. The summed E-state index contributed by atoms with van der Waals surface area (Å²) < 4.78 is 0. The maximum absolute atomic E-state index is 5.51. The molecule has 0 aliphatic heterocycles. The smallest absolute Gasteiger partial charge is 0.0346 e. The average Bonchev–Trinajstić information content (AvgIpc) is 2.14. The van der Waals surface area contributed by atoms with Crippen molar-refractivity contribution in [1.82, 2.24) is 0 Å². The molecule has 0 fully saturated rings. The first-order valence-electron chi connectivity index (χ1n) is 2.62. The summed E-state index contributed by atoms with van der Waals surface area (Å²) in [7, 11) is 0. The van der Waals surface area contributed by atoms with Crippen LogP contribution in [-0.4, -0.2) is 0 Å². The van der Waals surface area contributed by atoms with Gasteiger partial charge in [-0.3, -0.25) is 0 Å². The van der Waals surface area contributed by atoms with E-state index in [1.807, 2.05) is 12.2 Å². The lowest BCUT2D eigenvalue weighted by molar-refractivity contribution is 1.28. The molecule has 1 nitrogen and oxygen atoms in total. The molecule has 0 saturated carbocycles. The van der Waals surface area contributed by atoms with Crippen LogP contribution in [-0.2, 0) is 0 Å². The molecule has 0 aromatic carbocycles. The quantitative estimate of drug-likeness (QED) is 0.537. The fraction of sp³-hybridized carbons (Fsp3) is 0.143. The second kappa shape index (κ2) is 1.86. The van der Waals surface area contributed by atoms with Gasteiger partial charge >= 0.3 is 0 Å². The lowest BCUT2D eigenvalue weighted by Crippen LogP contribution is -1.92. The van der Waals surface area contributed by atoms with E-state index < -0.39 is 0 Å². The summed E-state index contributed by atoms with van der Waals surface area (Å²) >= 11 is 0. The van der Waals surface area contributed by atoms with E-state index in [-0.39, 0.29) is 0 Å². The molecule has 1 aliphatic carbocycles. The summed E-state index contributed by atoms with van der Waals surface area (Å²) in [5.41, 5.74) is 7.52. The Morgan fingerprint density at radius 3 is 2.75 bits per heavy atom. The van der Waals surface area contributed by atoms with Crippen molar-refractivity contribution in [3.63, 3.8) is 0 Å². The molecule has 0 spiro atoms. The Morgan fingerprint density at radius 2 is 2.50 bits per heavy atom. The van der Waals surface area contributed by atoms with Crippen molar-refractivity contribution < 1.29 is 0 Å². The largest absolute Gasteiger partial charge is 0.399 e. The second-order valence-electron chi connectivity index (χ2n) is 1.79. The number of allylic oxidation sites excluding steroid dienone is 4. The first-order valence-corrected chi connectivity index (χ1v) is 2.62. The highest BCUT2D eigenvalue weighted by Crippen LogP contribution is 2.14. The maximum atomic E-state index is 5.51. The molecule has 1 heteroatoms. The monoisotopic (exact) mass is 107 g/mol. The summed E-state index contributed by atoms with van der Waals surface area (Å²) in [6, 6.07) is 0. The van der Waals surface area contributed by atoms with Crippen LogP contribution in [0.25, 0.3) is 0 Å². The van der Waals surface area contributed by atoms with Gasteiger partial charge < -0.3 is 5.73 Å². The van der Waals surface area contributed by atoms with Crippen LogP contribution in [0.3, 0.4) is 0 Å². The van der Waals surface area contributed by atoms with Gasteiger partial charge in [0.25, 0.3) is 0 Å². The molecular weight excluding hydrogens is 98.1 g/mol. The van der Waals surface area contributed by atoms with Crippen LogP contribution < -0.4 is 5.73 Å². The van der Waals surface area contributed by atoms with E-state index in [1.54, 1.807) is 6.08 Å². The molecule has 0 amide bonds. The minimum atomic E-state index is 0.861. The third-order valence-corrected chi connectivity index (χ3v) is 1.25. The highest BCUT2D eigenvalue weighted by atomic mass is 14.6. The van der Waals surface area contributed by atoms with Gasteiger partial charge in [-0.05, 0) is 18.1 Å². The van der Waals surface area contributed by atoms with E-state index in [1.165, 1.54) is 0 Å². The molecular formula is C7H9N. The van der Waals surface area contributed by atoms with E-state index >= 15 is 0 Å². The predicted molar refractivity (Wildman–Crippen MR) is 35.2 cm³/mol. The van der Waals surface area contributed by atoms with Gasteiger partial charge in [-0.2, -0.15) is 0 Å². The van der Waals surface area contributed by atoms with Gasteiger partial charge in [-0.1, -0.05) is 18.7 Å². The van der Waals surface area contributed by atoms with Crippen LogP contribution in [0.5, 0.6) is 0 Å². The summed E-state index contributed by atoms with van der Waals surface area (Å²) in [4.78, 5) is 0. The van der Waals surface area contributed by atoms with Gasteiger partial charge in [0, 0.05) is 5.70 Å². The van der Waals surface area contributed by atoms with Gasteiger partial charge in [-0.25, -0.2) is 0 Å². The summed E-state index contributed by atoms with van der Waals surface area (Å²) in [6.07, 6.45) is 6.70. The third kappa shape index (κ3) is 0.668. The van der Waals surface area contributed by atoms with Gasteiger partial charge in [-0.15, -0.1) is 0 Å². The second-order valence-corrected chi connectivity index (χ2v) is 1.79. The molecule has 0 atom stereocenters. The Morgan fingerprint density at radius 1 is 1.75 bits per heavy atom. The fourth-order valence-electron chi connectivity index (χ4n) is 0.739. The molecule has 0 heterocycles. The van der Waals surface area contributed by atoms with Gasteiger partial charge in [0.15, 0.2) is 0 Å². The van der Waals surface area contributed by atoms with Crippen molar-refractivity contribution in [2.24, 2.45) is 5.73 Å². The Balaban J connectivity index is 2.82. The highest BCUT2D eigenvalue weighted by Gasteiger charge is 1.99. The summed E-state index contributed by atoms with van der Waals surface area (Å²) in [5, 5.41) is 0. The standard InChI is InChI=1S/C7H9N/c1-2-6-4-3-5-7(6)8/h2-3,5H,1,4,8H2. The number of nitrogens with two attached hydrogens (primary N) is 1. The minimum Gasteiger partial charge on any atom is -0.399 e. The normalized spacial score (nSPS) is 17.5. The summed E-state index contributed by atoms with van der Waals surface area (Å²) in [5.74, 6) is 0. The van der Waals surface area contributed by atoms with Crippen LogP contribution in [0, 0.1) is 0 Å². The maximum Gasteiger partial charge on any atom is 0.0346 e. The van der Waals surface area contributed by atoms with E-state index in [0.29, 0.717) is 0 Å². The zero-order valence-electron chi connectivity index (χ0n) is 4.72. The first-order chi connectivity index (χ1) is 3.84. The number of rotatable bonds is 1. The summed E-state index contributed by atoms with van der Waals surface area (Å²) in [6.45, 7) is 3.62. The zero-order valence-corrected chi connectivity index (χ0v) is 4.72. The molecule has 1 rings (SSSR count). The lowest BCUT2D eigenvalue weighted by Gasteiger charge is -1.90. The Kier molecular flexibility index (Phi) is 1.20. The van der Waals surface area contributed by atoms with Crippen LogP contribution in [0.4, 0.5) is 0 Å². The highest BCUT2D eigenvalue weighted by molar-refractivity contribution is 5.37. The van der Waals surface area contributed by atoms with E-state index in [0.717, 1.165) is 17.7 Å². The predicted octanol–water partition coefficient (Wildman–Crippen LogP) is 1.35. The van der Waals surface area contributed by atoms with E-state index in [2.05, 4.69) is 6.58 Å². The van der Waals surface area contributed by atoms with Crippen LogP contribution in [0.2, 0.25) is 0 Å². The van der Waals surface area contributed by atoms with Gasteiger partial charge in [0.05, 0.1) is 0 Å². The van der Waals surface area contributed by atoms with E-state index in [4.69, 9.17) is 5.73 Å². The third-order valence-electron chi connectivity index (χ3n) is 1.25. The molecule has 0 bridgehead atoms.